The first-order valence-electron chi connectivity index (χ1n) is 5.60. The summed E-state index contributed by atoms with van der Waals surface area (Å²) in [6, 6.07) is 0. The molecule has 0 fully saturated rings. The Labute approximate surface area is 86.3 Å². The van der Waals surface area contributed by atoms with E-state index in [2.05, 4.69) is 12.2 Å². The van der Waals surface area contributed by atoms with Crippen molar-refractivity contribution >= 4 is 0 Å². The minimum atomic E-state index is -2.27. The number of alkyl halides is 2. The average Bonchev–Trinajstić information content (AvgIpc) is 2.13. The highest BCUT2D eigenvalue weighted by molar-refractivity contribution is 4.85. The molecule has 0 saturated carbocycles. The van der Waals surface area contributed by atoms with Gasteiger partial charge in [0, 0.05) is 0 Å². The fourth-order valence-electron chi connectivity index (χ4n) is 1.60. The molecule has 14 heavy (non-hydrogen) atoms. The van der Waals surface area contributed by atoms with Gasteiger partial charge in [0.1, 0.15) is 0 Å². The molecule has 0 amide bonds. The van der Waals surface area contributed by atoms with Crippen LogP contribution in [0.15, 0.2) is 0 Å². The van der Waals surface area contributed by atoms with Crippen LogP contribution < -0.4 is 5.32 Å². The Morgan fingerprint density at radius 1 is 1.14 bits per heavy atom. The van der Waals surface area contributed by atoms with Crippen LogP contribution in [0, 0.1) is 0 Å². The molecule has 0 bridgehead atoms. The van der Waals surface area contributed by atoms with Crippen molar-refractivity contribution in [2.45, 2.75) is 64.8 Å². The predicted octanol–water partition coefficient (Wildman–Crippen LogP) is 3.59. The first-order chi connectivity index (χ1) is 6.56. The number of nitrogens with one attached hydrogen (secondary N) is 1. The van der Waals surface area contributed by atoms with E-state index in [0.29, 0.717) is 13.0 Å². The molecule has 0 saturated heterocycles. The van der Waals surface area contributed by atoms with Crippen LogP contribution in [-0.4, -0.2) is 18.5 Å². The van der Waals surface area contributed by atoms with Crippen LogP contribution in [0.4, 0.5) is 8.78 Å². The molecule has 0 aromatic carbocycles. The van der Waals surface area contributed by atoms with Crippen LogP contribution in [0.3, 0.4) is 0 Å². The maximum Gasteiger partial charge on any atom is 0.256 e. The van der Waals surface area contributed by atoms with Crippen LogP contribution >= 0.6 is 0 Å². The first kappa shape index (κ1) is 13.8. The van der Waals surface area contributed by atoms with Gasteiger partial charge in [0.2, 0.25) is 0 Å². The summed E-state index contributed by atoms with van der Waals surface area (Å²) in [6.45, 7) is 6.21. The molecule has 0 aliphatic carbocycles. The van der Waals surface area contributed by atoms with E-state index in [1.807, 2.05) is 6.92 Å². The fourth-order valence-corrected chi connectivity index (χ4v) is 1.60. The van der Waals surface area contributed by atoms with Crippen molar-refractivity contribution in [2.24, 2.45) is 0 Å². The average molecular weight is 207 g/mol. The lowest BCUT2D eigenvalue weighted by Crippen LogP contribution is -2.48. The Morgan fingerprint density at radius 2 is 1.79 bits per heavy atom. The van der Waals surface area contributed by atoms with Gasteiger partial charge < -0.3 is 5.32 Å². The normalized spacial score (nSPS) is 15.9. The van der Waals surface area contributed by atoms with Gasteiger partial charge >= 0.3 is 0 Å². The standard InChI is InChI=1S/C11H23F2N/c1-4-6-7-8-9-11(3,10(12)13)14-5-2/h10,14H,4-9H2,1-3H3. The quantitative estimate of drug-likeness (QED) is 0.600. The lowest BCUT2D eigenvalue weighted by Gasteiger charge is -2.29. The van der Waals surface area contributed by atoms with E-state index in [0.717, 1.165) is 25.7 Å². The van der Waals surface area contributed by atoms with E-state index in [9.17, 15) is 8.78 Å². The maximum absolute atomic E-state index is 12.7. The highest BCUT2D eigenvalue weighted by atomic mass is 19.3. The Kier molecular flexibility index (Phi) is 7.06. The van der Waals surface area contributed by atoms with Gasteiger partial charge in [-0.25, -0.2) is 8.78 Å². The van der Waals surface area contributed by atoms with Gasteiger partial charge in [-0.3, -0.25) is 0 Å². The SMILES string of the molecule is CCCCCCC(C)(NCC)C(F)F. The van der Waals surface area contributed by atoms with Crippen molar-refractivity contribution in [2.75, 3.05) is 6.54 Å². The number of hydrogen-bond acceptors (Lipinski definition) is 1. The van der Waals surface area contributed by atoms with E-state index in [-0.39, 0.29) is 0 Å². The van der Waals surface area contributed by atoms with Gasteiger partial charge in [0.15, 0.2) is 0 Å². The molecule has 3 heteroatoms. The molecule has 1 N–H and O–H groups in total. The summed E-state index contributed by atoms with van der Waals surface area (Å²) in [5.74, 6) is 0. The molecule has 0 spiro atoms. The topological polar surface area (TPSA) is 12.0 Å². The van der Waals surface area contributed by atoms with Gasteiger partial charge in [-0.2, -0.15) is 0 Å². The molecular formula is C11H23F2N. The smallest absolute Gasteiger partial charge is 0.256 e. The van der Waals surface area contributed by atoms with E-state index in [1.54, 1.807) is 6.92 Å². The van der Waals surface area contributed by atoms with Crippen molar-refractivity contribution in [1.29, 1.82) is 0 Å². The zero-order valence-electron chi connectivity index (χ0n) is 9.58. The Bertz CT molecular complexity index is 139. The lowest BCUT2D eigenvalue weighted by atomic mass is 9.94. The molecule has 0 heterocycles. The Balaban J connectivity index is 3.84. The van der Waals surface area contributed by atoms with Gasteiger partial charge in [-0.1, -0.05) is 39.5 Å². The first-order valence-corrected chi connectivity index (χ1v) is 5.60. The van der Waals surface area contributed by atoms with Crippen LogP contribution in [-0.2, 0) is 0 Å². The highest BCUT2D eigenvalue weighted by Gasteiger charge is 2.32. The molecule has 0 aromatic heterocycles. The van der Waals surface area contributed by atoms with Gasteiger partial charge in [-0.15, -0.1) is 0 Å². The predicted molar refractivity (Wildman–Crippen MR) is 56.8 cm³/mol. The summed E-state index contributed by atoms with van der Waals surface area (Å²) in [6.07, 6.45) is 2.53. The molecule has 0 radical (unpaired) electrons. The second-order valence-corrected chi connectivity index (χ2v) is 4.06. The third-order valence-corrected chi connectivity index (χ3v) is 2.61. The van der Waals surface area contributed by atoms with Gasteiger partial charge in [0.25, 0.3) is 6.43 Å². The Morgan fingerprint density at radius 3 is 2.21 bits per heavy atom. The zero-order chi connectivity index (χ0) is 11.0. The summed E-state index contributed by atoms with van der Waals surface area (Å²) in [5.41, 5.74) is -0.984. The van der Waals surface area contributed by atoms with E-state index >= 15 is 0 Å². The largest absolute Gasteiger partial charge is 0.307 e. The fraction of sp³-hybridized carbons (Fsp3) is 1.00. The lowest BCUT2D eigenvalue weighted by molar-refractivity contribution is 0.0347. The van der Waals surface area contributed by atoms with E-state index in [4.69, 9.17) is 0 Å². The zero-order valence-corrected chi connectivity index (χ0v) is 9.58. The van der Waals surface area contributed by atoms with Crippen LogP contribution in [0.1, 0.15) is 52.9 Å². The summed E-state index contributed by atoms with van der Waals surface area (Å²) >= 11 is 0. The van der Waals surface area contributed by atoms with Crippen LogP contribution in [0.2, 0.25) is 0 Å². The van der Waals surface area contributed by atoms with Crippen LogP contribution in [0.25, 0.3) is 0 Å². The van der Waals surface area contributed by atoms with Crippen molar-refractivity contribution in [3.8, 4) is 0 Å². The second-order valence-electron chi connectivity index (χ2n) is 4.06. The summed E-state index contributed by atoms with van der Waals surface area (Å²) < 4.78 is 25.4. The van der Waals surface area contributed by atoms with Crippen molar-refractivity contribution in [1.82, 2.24) is 5.32 Å². The third kappa shape index (κ3) is 4.89. The third-order valence-electron chi connectivity index (χ3n) is 2.61. The summed E-state index contributed by atoms with van der Waals surface area (Å²) in [5, 5.41) is 2.89. The summed E-state index contributed by atoms with van der Waals surface area (Å²) in [7, 11) is 0. The van der Waals surface area contributed by atoms with Crippen molar-refractivity contribution in [3.63, 3.8) is 0 Å². The van der Waals surface area contributed by atoms with Gasteiger partial charge in [0.05, 0.1) is 5.54 Å². The number of halogens is 2. The molecule has 0 aliphatic heterocycles. The second kappa shape index (κ2) is 7.16. The van der Waals surface area contributed by atoms with E-state index < -0.39 is 12.0 Å². The molecule has 1 atom stereocenters. The van der Waals surface area contributed by atoms with Gasteiger partial charge in [-0.05, 0) is 19.9 Å². The van der Waals surface area contributed by atoms with Crippen molar-refractivity contribution in [3.05, 3.63) is 0 Å². The molecule has 0 rings (SSSR count). The number of unbranched alkanes of at least 4 members (excludes halogenated alkanes) is 3. The molecule has 1 unspecified atom stereocenters. The highest BCUT2D eigenvalue weighted by Crippen LogP contribution is 2.22. The van der Waals surface area contributed by atoms with Crippen LogP contribution in [0.5, 0.6) is 0 Å². The molecular weight excluding hydrogens is 184 g/mol. The summed E-state index contributed by atoms with van der Waals surface area (Å²) in [4.78, 5) is 0. The number of hydrogen-bond donors (Lipinski definition) is 1. The maximum atomic E-state index is 12.7. The molecule has 0 aliphatic rings. The molecule has 1 nitrogen and oxygen atoms in total. The monoisotopic (exact) mass is 207 g/mol. The minimum absolute atomic E-state index is 0.568. The van der Waals surface area contributed by atoms with E-state index in [1.165, 1.54) is 0 Å². The Hall–Kier alpha value is -0.180. The number of rotatable bonds is 8. The molecule has 0 aromatic rings. The van der Waals surface area contributed by atoms with Crippen molar-refractivity contribution < 1.29 is 8.78 Å². The minimum Gasteiger partial charge on any atom is -0.307 e. The molecule has 86 valence electrons.